The molecule has 0 aromatic heterocycles. The van der Waals surface area contributed by atoms with Crippen molar-refractivity contribution in [3.05, 3.63) is 0 Å². The molecular weight excluding hydrogens is 292 g/mol. The maximum atomic E-state index is 12.8. The predicted octanol–water partition coefficient (Wildman–Crippen LogP) is 0.164. The minimum Gasteiger partial charge on any atom is -0.378 e. The van der Waals surface area contributed by atoms with Crippen molar-refractivity contribution in [2.75, 3.05) is 25.2 Å². The van der Waals surface area contributed by atoms with Crippen LogP contribution in [0.25, 0.3) is 0 Å². The molecule has 1 aliphatic carbocycles. The van der Waals surface area contributed by atoms with Crippen molar-refractivity contribution in [2.24, 2.45) is 11.1 Å². The van der Waals surface area contributed by atoms with Gasteiger partial charge in [-0.15, -0.1) is 0 Å². The van der Waals surface area contributed by atoms with E-state index >= 15 is 0 Å². The van der Waals surface area contributed by atoms with E-state index < -0.39 is 20.8 Å². The summed E-state index contributed by atoms with van der Waals surface area (Å²) in [7, 11) is -1.36. The van der Waals surface area contributed by atoms with Crippen LogP contribution in [0.3, 0.4) is 0 Å². The van der Waals surface area contributed by atoms with Gasteiger partial charge in [0.1, 0.15) is 5.54 Å². The summed E-state index contributed by atoms with van der Waals surface area (Å²) in [5, 5.41) is 0. The smallest absolute Gasteiger partial charge is 0.243 e. The van der Waals surface area contributed by atoms with Crippen molar-refractivity contribution in [1.82, 2.24) is 4.90 Å². The van der Waals surface area contributed by atoms with Crippen LogP contribution in [0.1, 0.15) is 33.6 Å². The van der Waals surface area contributed by atoms with E-state index in [0.717, 1.165) is 0 Å². The van der Waals surface area contributed by atoms with Crippen molar-refractivity contribution in [2.45, 2.75) is 51.3 Å². The maximum absolute atomic E-state index is 12.8. The fourth-order valence-corrected chi connectivity index (χ4v) is 5.13. The molecule has 6 nitrogen and oxygen atoms in total. The Balaban J connectivity index is 2.10. The molecule has 2 aliphatic rings. The van der Waals surface area contributed by atoms with Gasteiger partial charge in [0.25, 0.3) is 0 Å². The molecule has 0 radical (unpaired) electrons. The third-order valence-electron chi connectivity index (χ3n) is 5.29. The van der Waals surface area contributed by atoms with E-state index in [1.54, 1.807) is 7.05 Å². The first kappa shape index (κ1) is 16.7. The second-order valence-corrected chi connectivity index (χ2v) is 9.04. The molecule has 21 heavy (non-hydrogen) atoms. The second-order valence-electron chi connectivity index (χ2n) is 6.81. The molecule has 1 heterocycles. The van der Waals surface area contributed by atoms with Crippen LogP contribution in [0, 0.1) is 5.41 Å². The Hall–Kier alpha value is -0.660. The van der Waals surface area contributed by atoms with Crippen molar-refractivity contribution in [3.8, 4) is 0 Å². The van der Waals surface area contributed by atoms with Crippen LogP contribution in [-0.4, -0.2) is 62.1 Å². The topological polar surface area (TPSA) is 89.7 Å². The number of amides is 1. The van der Waals surface area contributed by atoms with E-state index in [0.29, 0.717) is 19.4 Å². The zero-order chi connectivity index (χ0) is 16.1. The zero-order valence-electron chi connectivity index (χ0n) is 13.3. The number of carbonyl (C=O) groups is 1. The normalized spacial score (nSPS) is 37.0. The number of nitrogens with zero attached hydrogens (tertiary/aromatic N) is 1. The average molecular weight is 318 g/mol. The number of ether oxygens (including phenoxy) is 1. The molecule has 1 aliphatic heterocycles. The van der Waals surface area contributed by atoms with Crippen molar-refractivity contribution >= 4 is 15.7 Å². The van der Waals surface area contributed by atoms with Gasteiger partial charge in [-0.25, -0.2) is 8.42 Å². The van der Waals surface area contributed by atoms with Crippen LogP contribution in [0.5, 0.6) is 0 Å². The van der Waals surface area contributed by atoms with E-state index in [2.05, 4.69) is 0 Å². The first-order valence-corrected chi connectivity index (χ1v) is 9.25. The monoisotopic (exact) mass is 318 g/mol. The Morgan fingerprint density at radius 1 is 1.43 bits per heavy atom. The molecule has 2 N–H and O–H groups in total. The summed E-state index contributed by atoms with van der Waals surface area (Å²) in [6.07, 6.45) is 0.948. The third kappa shape index (κ3) is 2.59. The van der Waals surface area contributed by atoms with Gasteiger partial charge in [-0.2, -0.15) is 0 Å². The Morgan fingerprint density at radius 2 is 2.05 bits per heavy atom. The van der Waals surface area contributed by atoms with Crippen molar-refractivity contribution in [1.29, 1.82) is 0 Å². The molecule has 0 aromatic carbocycles. The highest BCUT2D eigenvalue weighted by Gasteiger charge is 2.64. The van der Waals surface area contributed by atoms with Gasteiger partial charge in [-0.05, 0) is 13.3 Å². The number of hydrogen-bond acceptors (Lipinski definition) is 5. The molecule has 0 spiro atoms. The highest BCUT2D eigenvalue weighted by Crippen LogP contribution is 2.50. The molecule has 1 amide bonds. The first-order valence-electron chi connectivity index (χ1n) is 7.43. The van der Waals surface area contributed by atoms with Crippen molar-refractivity contribution in [3.63, 3.8) is 0 Å². The molecule has 0 aromatic rings. The van der Waals surface area contributed by atoms with E-state index in [-0.39, 0.29) is 29.6 Å². The number of nitrogens with two attached hydrogens (primary N) is 1. The Labute approximate surface area is 126 Å². The molecule has 0 bridgehead atoms. The number of sulfone groups is 1. The van der Waals surface area contributed by atoms with Crippen LogP contribution in [0.15, 0.2) is 0 Å². The highest BCUT2D eigenvalue weighted by atomic mass is 32.2. The van der Waals surface area contributed by atoms with E-state index in [1.807, 2.05) is 20.8 Å². The lowest BCUT2D eigenvalue weighted by Gasteiger charge is -2.58. The molecule has 1 saturated carbocycles. The van der Waals surface area contributed by atoms with Gasteiger partial charge in [-0.3, -0.25) is 4.79 Å². The van der Waals surface area contributed by atoms with E-state index in [1.165, 1.54) is 4.90 Å². The summed E-state index contributed by atoms with van der Waals surface area (Å²) < 4.78 is 28.8. The highest BCUT2D eigenvalue weighted by molar-refractivity contribution is 7.91. The van der Waals surface area contributed by atoms with Gasteiger partial charge in [0.05, 0.1) is 17.6 Å². The fraction of sp³-hybridized carbons (Fsp3) is 0.929. The summed E-state index contributed by atoms with van der Waals surface area (Å²) in [5.41, 5.74) is 4.93. The van der Waals surface area contributed by atoms with Gasteiger partial charge >= 0.3 is 0 Å². The fourth-order valence-electron chi connectivity index (χ4n) is 3.36. The standard InChI is InChI=1S/C14H26N2O4S/c1-5-20-11-8-14(15,13(11,2)3)12(17)16(4)10-6-7-21(18,19)9-10/h10-11H,5-9,15H2,1-4H3. The van der Waals surface area contributed by atoms with Gasteiger partial charge in [0.2, 0.25) is 5.91 Å². The molecule has 3 atom stereocenters. The molecule has 122 valence electrons. The summed E-state index contributed by atoms with van der Waals surface area (Å²) in [6.45, 7) is 6.39. The second kappa shape index (κ2) is 5.21. The molecule has 1 saturated heterocycles. The largest absolute Gasteiger partial charge is 0.378 e. The SMILES string of the molecule is CCOC1CC(N)(C(=O)N(C)C2CCS(=O)(=O)C2)C1(C)C. The average Bonchev–Trinajstić information content (AvgIpc) is 2.76. The van der Waals surface area contributed by atoms with Crippen LogP contribution >= 0.6 is 0 Å². The van der Waals surface area contributed by atoms with Gasteiger partial charge < -0.3 is 15.4 Å². The molecule has 7 heteroatoms. The minimum atomic E-state index is -3.02. The van der Waals surface area contributed by atoms with Crippen LogP contribution < -0.4 is 5.73 Å². The Bertz CT molecular complexity index is 531. The number of likely N-dealkylation sites (N-methyl/N-ethyl adjacent to an activating group) is 1. The van der Waals surface area contributed by atoms with Gasteiger partial charge in [0, 0.05) is 31.5 Å². The molecular formula is C14H26N2O4S. The Morgan fingerprint density at radius 3 is 2.48 bits per heavy atom. The van der Waals surface area contributed by atoms with Crippen molar-refractivity contribution < 1.29 is 17.9 Å². The quantitative estimate of drug-likeness (QED) is 0.798. The predicted molar refractivity (Wildman–Crippen MR) is 80.6 cm³/mol. The zero-order valence-corrected chi connectivity index (χ0v) is 14.1. The first-order chi connectivity index (χ1) is 9.55. The number of rotatable bonds is 4. The summed E-state index contributed by atoms with van der Waals surface area (Å²) >= 11 is 0. The minimum absolute atomic E-state index is 0.0304. The van der Waals surface area contributed by atoms with Crippen LogP contribution in [0.2, 0.25) is 0 Å². The van der Waals surface area contributed by atoms with Crippen LogP contribution in [0.4, 0.5) is 0 Å². The van der Waals surface area contributed by atoms with Gasteiger partial charge in [0.15, 0.2) is 9.84 Å². The lowest BCUT2D eigenvalue weighted by atomic mass is 9.54. The lowest BCUT2D eigenvalue weighted by Crippen LogP contribution is -2.76. The molecule has 3 unspecified atom stereocenters. The van der Waals surface area contributed by atoms with Crippen LogP contribution in [-0.2, 0) is 19.4 Å². The summed E-state index contributed by atoms with van der Waals surface area (Å²) in [6, 6.07) is -0.259. The van der Waals surface area contributed by atoms with E-state index in [4.69, 9.17) is 10.5 Å². The number of carbonyl (C=O) groups excluding carboxylic acids is 1. The maximum Gasteiger partial charge on any atom is 0.243 e. The third-order valence-corrected chi connectivity index (χ3v) is 7.04. The summed E-state index contributed by atoms with van der Waals surface area (Å²) in [5.74, 6) is 0.0175. The number of hydrogen-bond donors (Lipinski definition) is 1. The summed E-state index contributed by atoms with van der Waals surface area (Å²) in [4.78, 5) is 14.3. The van der Waals surface area contributed by atoms with E-state index in [9.17, 15) is 13.2 Å². The lowest BCUT2D eigenvalue weighted by molar-refractivity contribution is -0.179. The molecule has 2 rings (SSSR count). The molecule has 2 fully saturated rings. The van der Waals surface area contributed by atoms with Gasteiger partial charge in [-0.1, -0.05) is 13.8 Å². The Kier molecular flexibility index (Phi) is 4.14.